The fraction of sp³-hybridized carbons (Fsp3) is 0.538. The third-order valence-corrected chi connectivity index (χ3v) is 4.88. The molecule has 1 atom stereocenters. The van der Waals surface area contributed by atoms with Gasteiger partial charge in [0.05, 0.1) is 9.99 Å². The van der Waals surface area contributed by atoms with Crippen LogP contribution >= 0.6 is 70.0 Å². The van der Waals surface area contributed by atoms with Gasteiger partial charge < -0.3 is 10.4 Å². The van der Waals surface area contributed by atoms with E-state index in [0.29, 0.717) is 35.3 Å². The van der Waals surface area contributed by atoms with Crippen molar-refractivity contribution in [2.75, 3.05) is 26.2 Å². The number of hydrogen-bond acceptors (Lipinski definition) is 3. The van der Waals surface area contributed by atoms with Gasteiger partial charge in [-0.3, -0.25) is 4.90 Å². The van der Waals surface area contributed by atoms with Gasteiger partial charge in [0.25, 0.3) is 0 Å². The molecule has 0 spiro atoms. The average Bonchev–Trinajstić information content (AvgIpc) is 2.40. The summed E-state index contributed by atoms with van der Waals surface area (Å²) in [5, 5.41) is 13.3. The highest BCUT2D eigenvalue weighted by Gasteiger charge is 2.37. The van der Waals surface area contributed by atoms with E-state index in [1.54, 1.807) is 17.0 Å². The van der Waals surface area contributed by atoms with Crippen LogP contribution in [0.5, 0.6) is 5.75 Å². The topological polar surface area (TPSA) is 35.5 Å². The van der Waals surface area contributed by atoms with Crippen LogP contribution in [0.1, 0.15) is 18.0 Å². The summed E-state index contributed by atoms with van der Waals surface area (Å²) < 4.78 is 40.3. The molecule has 0 amide bonds. The molecule has 1 aromatic carbocycles. The Bertz CT molecular complexity index is 515. The Morgan fingerprint density at radius 2 is 1.74 bits per heavy atom. The van der Waals surface area contributed by atoms with Gasteiger partial charge in [-0.15, -0.1) is 24.8 Å². The van der Waals surface area contributed by atoms with Gasteiger partial charge in [-0.05, 0) is 57.3 Å². The van der Waals surface area contributed by atoms with Crippen molar-refractivity contribution in [3.8, 4) is 5.75 Å². The summed E-state index contributed by atoms with van der Waals surface area (Å²) >= 11 is 4.01. The number of benzene rings is 1. The Morgan fingerprint density at radius 3 is 2.26 bits per heavy atom. The lowest BCUT2D eigenvalue weighted by Crippen LogP contribution is -2.46. The summed E-state index contributed by atoms with van der Waals surface area (Å²) in [6.45, 7) is 2.41. The summed E-state index contributed by atoms with van der Waals surface area (Å²) in [6, 6.07) is 2.56. The summed E-state index contributed by atoms with van der Waals surface area (Å²) in [5.41, 5.74) is 0.366. The Hall–Kier alpha value is 0.770. The minimum atomic E-state index is -4.27. The SMILES string of the molecule is Cl.Cl.Oc1c(I)cc(I)cc1[C@@H](CC(F)(F)F)N1CCNCC1. The number of aromatic hydroxyl groups is 1. The lowest BCUT2D eigenvalue weighted by Gasteiger charge is -2.36. The maximum Gasteiger partial charge on any atom is 0.390 e. The molecular formula is C13H17Cl2F3I2N2O. The maximum atomic E-state index is 13.0. The van der Waals surface area contributed by atoms with Crippen molar-refractivity contribution in [1.29, 1.82) is 0 Å². The molecule has 0 unspecified atom stereocenters. The number of nitrogens with zero attached hydrogens (tertiary/aromatic N) is 1. The molecule has 23 heavy (non-hydrogen) atoms. The van der Waals surface area contributed by atoms with Gasteiger partial charge in [0.15, 0.2) is 0 Å². The van der Waals surface area contributed by atoms with E-state index < -0.39 is 18.6 Å². The van der Waals surface area contributed by atoms with Gasteiger partial charge in [-0.2, -0.15) is 13.2 Å². The number of nitrogens with one attached hydrogen (secondary N) is 1. The van der Waals surface area contributed by atoms with E-state index in [2.05, 4.69) is 27.9 Å². The zero-order chi connectivity index (χ0) is 15.6. The molecule has 0 aromatic heterocycles. The number of hydrogen-bond donors (Lipinski definition) is 2. The highest BCUT2D eigenvalue weighted by molar-refractivity contribution is 14.1. The van der Waals surface area contributed by atoms with Crippen molar-refractivity contribution in [3.05, 3.63) is 24.8 Å². The summed E-state index contributed by atoms with van der Waals surface area (Å²) in [6.07, 6.45) is -5.22. The van der Waals surface area contributed by atoms with Gasteiger partial charge in [0.1, 0.15) is 5.75 Å². The van der Waals surface area contributed by atoms with Crippen molar-refractivity contribution < 1.29 is 18.3 Å². The van der Waals surface area contributed by atoms with Crippen LogP contribution in [-0.4, -0.2) is 42.4 Å². The molecular weight excluding hydrogens is 582 g/mol. The largest absolute Gasteiger partial charge is 0.506 e. The molecule has 0 saturated carbocycles. The molecule has 3 nitrogen and oxygen atoms in total. The first-order valence-electron chi connectivity index (χ1n) is 6.47. The van der Waals surface area contributed by atoms with Gasteiger partial charge in [0, 0.05) is 41.4 Å². The fourth-order valence-corrected chi connectivity index (χ4v) is 4.38. The summed E-state index contributed by atoms with van der Waals surface area (Å²) in [7, 11) is 0. The fourth-order valence-electron chi connectivity index (χ4n) is 2.49. The van der Waals surface area contributed by atoms with Crippen molar-refractivity contribution in [2.24, 2.45) is 0 Å². The summed E-state index contributed by atoms with van der Waals surface area (Å²) in [5.74, 6) is -0.0381. The van der Waals surface area contributed by atoms with Gasteiger partial charge >= 0.3 is 6.18 Å². The Labute approximate surface area is 172 Å². The minimum Gasteiger partial charge on any atom is -0.506 e. The van der Waals surface area contributed by atoms with E-state index in [9.17, 15) is 18.3 Å². The quantitative estimate of drug-likeness (QED) is 0.509. The van der Waals surface area contributed by atoms with E-state index in [4.69, 9.17) is 0 Å². The van der Waals surface area contributed by atoms with Crippen LogP contribution in [0.15, 0.2) is 12.1 Å². The molecule has 1 aromatic rings. The van der Waals surface area contributed by atoms with Crippen molar-refractivity contribution in [3.63, 3.8) is 0 Å². The number of rotatable bonds is 3. The van der Waals surface area contributed by atoms with Crippen molar-refractivity contribution in [2.45, 2.75) is 18.6 Å². The zero-order valence-corrected chi connectivity index (χ0v) is 17.8. The average molecular weight is 599 g/mol. The molecule has 1 aliphatic rings. The second-order valence-corrected chi connectivity index (χ2v) is 7.35. The van der Waals surface area contributed by atoms with Gasteiger partial charge in [0.2, 0.25) is 0 Å². The van der Waals surface area contributed by atoms with Crippen LogP contribution in [0.25, 0.3) is 0 Å². The predicted octanol–water partition coefficient (Wildman–Crippen LogP) is 4.34. The monoisotopic (exact) mass is 598 g/mol. The van der Waals surface area contributed by atoms with Crippen LogP contribution in [-0.2, 0) is 0 Å². The zero-order valence-electron chi connectivity index (χ0n) is 11.9. The molecule has 2 N–H and O–H groups in total. The van der Waals surface area contributed by atoms with Crippen LogP contribution < -0.4 is 5.32 Å². The van der Waals surface area contributed by atoms with E-state index in [1.807, 2.05) is 22.6 Å². The summed E-state index contributed by atoms with van der Waals surface area (Å²) in [4.78, 5) is 1.80. The lowest BCUT2D eigenvalue weighted by atomic mass is 10.00. The van der Waals surface area contributed by atoms with Crippen molar-refractivity contribution in [1.82, 2.24) is 10.2 Å². The third-order valence-electron chi connectivity index (χ3n) is 3.43. The molecule has 2 rings (SSSR count). The Balaban J connectivity index is 0.00000242. The first kappa shape index (κ1) is 23.8. The van der Waals surface area contributed by atoms with Crippen LogP contribution in [0.2, 0.25) is 0 Å². The van der Waals surface area contributed by atoms with Crippen LogP contribution in [0.3, 0.4) is 0 Å². The number of alkyl halides is 3. The van der Waals surface area contributed by atoms with E-state index in [1.165, 1.54) is 0 Å². The molecule has 134 valence electrons. The van der Waals surface area contributed by atoms with Crippen LogP contribution in [0, 0.1) is 7.14 Å². The van der Waals surface area contributed by atoms with E-state index >= 15 is 0 Å². The normalized spacial score (nSPS) is 17.1. The predicted molar refractivity (Wildman–Crippen MR) is 106 cm³/mol. The molecule has 1 saturated heterocycles. The molecule has 1 aliphatic heterocycles. The Morgan fingerprint density at radius 1 is 1.17 bits per heavy atom. The third kappa shape index (κ3) is 6.89. The molecule has 1 fully saturated rings. The number of halogens is 7. The standard InChI is InChI=1S/C13H15F3I2N2O.2ClH/c14-13(15,16)7-11(20-3-1-19-2-4-20)9-5-8(17)6-10(18)12(9)21;;/h5-6,11,19,21H,1-4,7H2;2*1H/t11-;;/m1../s1. The molecule has 1 heterocycles. The number of phenolic OH excluding ortho intramolecular Hbond substituents is 1. The second kappa shape index (κ2) is 10.0. The Kier molecular flexibility index (Phi) is 10.4. The smallest absolute Gasteiger partial charge is 0.390 e. The molecule has 0 radical (unpaired) electrons. The highest BCUT2D eigenvalue weighted by atomic mass is 127. The number of piperazine rings is 1. The maximum absolute atomic E-state index is 13.0. The van der Waals surface area contributed by atoms with Crippen molar-refractivity contribution >= 4 is 70.0 Å². The molecule has 10 heteroatoms. The minimum absolute atomic E-state index is 0. The first-order valence-corrected chi connectivity index (χ1v) is 8.63. The van der Waals surface area contributed by atoms with E-state index in [0.717, 1.165) is 3.57 Å². The number of phenols is 1. The molecule has 0 aliphatic carbocycles. The second-order valence-electron chi connectivity index (χ2n) is 4.95. The molecule has 0 bridgehead atoms. The lowest BCUT2D eigenvalue weighted by molar-refractivity contribution is -0.148. The van der Waals surface area contributed by atoms with E-state index in [-0.39, 0.29) is 30.6 Å². The van der Waals surface area contributed by atoms with Gasteiger partial charge in [-0.25, -0.2) is 0 Å². The van der Waals surface area contributed by atoms with Crippen LogP contribution in [0.4, 0.5) is 13.2 Å². The van der Waals surface area contributed by atoms with Gasteiger partial charge in [-0.1, -0.05) is 0 Å². The first-order chi connectivity index (χ1) is 9.78. The highest BCUT2D eigenvalue weighted by Crippen LogP contribution is 2.40.